The van der Waals surface area contributed by atoms with E-state index < -0.39 is 0 Å². The minimum Gasteiger partial charge on any atom is -0.337 e. The molecule has 1 N–H and O–H groups in total. The Morgan fingerprint density at radius 3 is 2.57 bits per heavy atom. The van der Waals surface area contributed by atoms with Gasteiger partial charge in [-0.2, -0.15) is 0 Å². The third kappa shape index (κ3) is 5.96. The third-order valence-electron chi connectivity index (χ3n) is 5.33. The van der Waals surface area contributed by atoms with E-state index in [-0.39, 0.29) is 6.03 Å². The van der Waals surface area contributed by atoms with Crippen molar-refractivity contribution in [2.75, 3.05) is 59.4 Å². The first kappa shape index (κ1) is 18.5. The van der Waals surface area contributed by atoms with Gasteiger partial charge in [-0.25, -0.2) is 4.79 Å². The van der Waals surface area contributed by atoms with Crippen LogP contribution < -0.4 is 5.32 Å². The molecule has 2 aliphatic heterocycles. The van der Waals surface area contributed by atoms with Gasteiger partial charge in [0.2, 0.25) is 0 Å². The molecule has 5 heteroatoms. The van der Waals surface area contributed by atoms with E-state index in [0.29, 0.717) is 5.92 Å². The minimum absolute atomic E-state index is 0.129. The van der Waals surface area contributed by atoms with Gasteiger partial charge in [0.25, 0.3) is 0 Å². The van der Waals surface area contributed by atoms with Crippen LogP contribution in [0.3, 0.4) is 0 Å². The van der Waals surface area contributed by atoms with Crippen molar-refractivity contribution in [3.05, 3.63) is 0 Å². The van der Waals surface area contributed by atoms with Gasteiger partial charge in [-0.05, 0) is 44.2 Å². The van der Waals surface area contributed by atoms with Crippen molar-refractivity contribution in [3.63, 3.8) is 0 Å². The number of piperidine rings is 1. The maximum absolute atomic E-state index is 12.3. The summed E-state index contributed by atoms with van der Waals surface area (Å²) in [7, 11) is 2.16. The van der Waals surface area contributed by atoms with E-state index in [1.165, 1.54) is 19.5 Å². The van der Waals surface area contributed by atoms with Crippen LogP contribution in [0.15, 0.2) is 0 Å². The second-order valence-corrected chi connectivity index (χ2v) is 7.89. The highest BCUT2D eigenvalue weighted by Crippen LogP contribution is 2.20. The van der Waals surface area contributed by atoms with Crippen LogP contribution >= 0.6 is 0 Å². The highest BCUT2D eigenvalue weighted by molar-refractivity contribution is 5.74. The second kappa shape index (κ2) is 8.88. The topological polar surface area (TPSA) is 38.8 Å². The van der Waals surface area contributed by atoms with Gasteiger partial charge >= 0.3 is 6.03 Å². The van der Waals surface area contributed by atoms with Crippen LogP contribution in [0.1, 0.15) is 33.6 Å². The number of hydrogen-bond donors (Lipinski definition) is 1. The molecular weight excluding hydrogens is 288 g/mol. The van der Waals surface area contributed by atoms with Crippen molar-refractivity contribution in [3.8, 4) is 0 Å². The molecule has 0 bridgehead atoms. The molecule has 0 unspecified atom stereocenters. The van der Waals surface area contributed by atoms with E-state index in [1.807, 2.05) is 4.90 Å². The van der Waals surface area contributed by atoms with Crippen LogP contribution in [0.25, 0.3) is 0 Å². The fraction of sp³-hybridized carbons (Fsp3) is 0.944. The Bertz CT molecular complexity index is 366. The molecule has 0 radical (unpaired) electrons. The SMILES string of the molecule is CCN(C)C[C@@H]1CCN(C(=O)NCCN2C[C@@H](C)C[C@H](C)C2)C1. The first-order valence-corrected chi connectivity index (χ1v) is 9.41. The lowest BCUT2D eigenvalue weighted by atomic mass is 9.92. The normalized spacial score (nSPS) is 29.3. The maximum Gasteiger partial charge on any atom is 0.317 e. The molecule has 2 amide bonds. The highest BCUT2D eigenvalue weighted by Gasteiger charge is 2.27. The van der Waals surface area contributed by atoms with Crippen molar-refractivity contribution in [1.29, 1.82) is 0 Å². The lowest BCUT2D eigenvalue weighted by Gasteiger charge is -2.35. The average molecular weight is 325 g/mol. The number of nitrogens with zero attached hydrogens (tertiary/aromatic N) is 3. The van der Waals surface area contributed by atoms with Crippen LogP contribution in [0.5, 0.6) is 0 Å². The van der Waals surface area contributed by atoms with Crippen LogP contribution in [0.4, 0.5) is 4.79 Å². The second-order valence-electron chi connectivity index (χ2n) is 7.89. The predicted molar refractivity (Wildman–Crippen MR) is 95.6 cm³/mol. The van der Waals surface area contributed by atoms with Gasteiger partial charge in [0.15, 0.2) is 0 Å². The predicted octanol–water partition coefficient (Wildman–Crippen LogP) is 1.95. The van der Waals surface area contributed by atoms with E-state index in [4.69, 9.17) is 0 Å². The number of nitrogens with one attached hydrogen (secondary N) is 1. The molecule has 0 aromatic rings. The van der Waals surface area contributed by atoms with Gasteiger partial charge in [-0.1, -0.05) is 20.8 Å². The summed E-state index contributed by atoms with van der Waals surface area (Å²) in [6, 6.07) is 0.129. The summed E-state index contributed by atoms with van der Waals surface area (Å²) in [4.78, 5) is 19.1. The van der Waals surface area contributed by atoms with Gasteiger partial charge in [0.05, 0.1) is 0 Å². The monoisotopic (exact) mass is 324 g/mol. The number of likely N-dealkylation sites (tertiary alicyclic amines) is 2. The Hall–Kier alpha value is -0.810. The molecule has 134 valence electrons. The molecule has 0 saturated carbocycles. The summed E-state index contributed by atoms with van der Waals surface area (Å²) in [5.74, 6) is 2.20. The van der Waals surface area contributed by atoms with Crippen molar-refractivity contribution in [2.24, 2.45) is 17.8 Å². The zero-order chi connectivity index (χ0) is 16.8. The van der Waals surface area contributed by atoms with Gasteiger partial charge in [0, 0.05) is 45.8 Å². The number of carbonyl (C=O) groups is 1. The lowest BCUT2D eigenvalue weighted by Crippen LogP contribution is -2.45. The van der Waals surface area contributed by atoms with Crippen molar-refractivity contribution in [2.45, 2.75) is 33.6 Å². The molecule has 3 atom stereocenters. The molecule has 2 saturated heterocycles. The Balaban J connectivity index is 1.63. The van der Waals surface area contributed by atoms with Gasteiger partial charge < -0.3 is 20.0 Å². The zero-order valence-electron chi connectivity index (χ0n) is 15.6. The van der Waals surface area contributed by atoms with E-state index in [2.05, 4.69) is 42.9 Å². The van der Waals surface area contributed by atoms with Crippen molar-refractivity contribution >= 4 is 6.03 Å². The van der Waals surface area contributed by atoms with E-state index in [9.17, 15) is 4.79 Å². The summed E-state index contributed by atoms with van der Waals surface area (Å²) >= 11 is 0. The molecule has 0 aromatic carbocycles. The lowest BCUT2D eigenvalue weighted by molar-refractivity contribution is 0.141. The van der Waals surface area contributed by atoms with E-state index >= 15 is 0 Å². The molecular formula is C18H36N4O. The zero-order valence-corrected chi connectivity index (χ0v) is 15.6. The smallest absolute Gasteiger partial charge is 0.317 e. The van der Waals surface area contributed by atoms with Crippen LogP contribution in [0, 0.1) is 17.8 Å². The average Bonchev–Trinajstić information content (AvgIpc) is 2.94. The standard InChI is InChI=1S/C18H36N4O/c1-5-20(4)13-17-6-8-22(14-17)18(23)19-7-9-21-11-15(2)10-16(3)12-21/h15-17H,5-14H2,1-4H3,(H,19,23)/t15-,16-,17-/m0/s1. The maximum atomic E-state index is 12.3. The molecule has 2 rings (SSSR count). The molecule has 0 spiro atoms. The Morgan fingerprint density at radius 1 is 1.22 bits per heavy atom. The fourth-order valence-corrected chi connectivity index (χ4v) is 4.14. The van der Waals surface area contributed by atoms with Crippen molar-refractivity contribution < 1.29 is 4.79 Å². The fourth-order valence-electron chi connectivity index (χ4n) is 4.14. The van der Waals surface area contributed by atoms with Gasteiger partial charge in [0.1, 0.15) is 0 Å². The molecule has 23 heavy (non-hydrogen) atoms. The summed E-state index contributed by atoms with van der Waals surface area (Å²) in [5.41, 5.74) is 0. The first-order chi connectivity index (χ1) is 11.0. The van der Waals surface area contributed by atoms with Crippen LogP contribution in [-0.2, 0) is 0 Å². The van der Waals surface area contributed by atoms with E-state index in [0.717, 1.165) is 57.5 Å². The van der Waals surface area contributed by atoms with Crippen molar-refractivity contribution in [1.82, 2.24) is 20.0 Å². The van der Waals surface area contributed by atoms with Gasteiger partial charge in [-0.3, -0.25) is 0 Å². The Morgan fingerprint density at radius 2 is 1.91 bits per heavy atom. The Kier molecular flexibility index (Phi) is 7.15. The summed E-state index contributed by atoms with van der Waals surface area (Å²) in [5, 5.41) is 3.12. The molecule has 5 nitrogen and oxygen atoms in total. The minimum atomic E-state index is 0.129. The van der Waals surface area contributed by atoms with Crippen LogP contribution in [-0.4, -0.2) is 80.1 Å². The highest BCUT2D eigenvalue weighted by atomic mass is 16.2. The van der Waals surface area contributed by atoms with E-state index in [1.54, 1.807) is 0 Å². The van der Waals surface area contributed by atoms with Crippen LogP contribution in [0.2, 0.25) is 0 Å². The summed E-state index contributed by atoms with van der Waals surface area (Å²) < 4.78 is 0. The third-order valence-corrected chi connectivity index (χ3v) is 5.33. The number of hydrogen-bond acceptors (Lipinski definition) is 3. The quantitative estimate of drug-likeness (QED) is 0.812. The molecule has 2 fully saturated rings. The van der Waals surface area contributed by atoms with Gasteiger partial charge in [-0.15, -0.1) is 0 Å². The largest absolute Gasteiger partial charge is 0.337 e. The number of rotatable bonds is 6. The molecule has 0 aromatic heterocycles. The number of amides is 2. The Labute approximate surface area is 142 Å². The molecule has 2 aliphatic rings. The summed E-state index contributed by atoms with van der Waals surface area (Å²) in [6.07, 6.45) is 2.48. The molecule has 2 heterocycles. The number of urea groups is 1. The summed E-state index contributed by atoms with van der Waals surface area (Å²) in [6.45, 7) is 15.0. The first-order valence-electron chi connectivity index (χ1n) is 9.41. The molecule has 0 aliphatic carbocycles. The number of carbonyl (C=O) groups excluding carboxylic acids is 1.